The SMILES string of the molecule is CCCC[Te]C1CCCCC1. The molecule has 1 fully saturated rings. The number of hydrogen-bond donors (Lipinski definition) is 0. The fraction of sp³-hybridized carbons (Fsp3) is 1.00. The zero-order valence-corrected chi connectivity index (χ0v) is 9.97. The molecule has 0 bridgehead atoms. The van der Waals surface area contributed by atoms with E-state index in [1.54, 1.807) is 30.2 Å². The summed E-state index contributed by atoms with van der Waals surface area (Å²) in [6, 6.07) is 0. The quantitative estimate of drug-likeness (QED) is 0.539. The Labute approximate surface area is 81.2 Å². The molecular formula is C10H20Te. The summed E-state index contributed by atoms with van der Waals surface area (Å²) in [4.78, 5) is 0. The van der Waals surface area contributed by atoms with Crippen LogP contribution in [-0.4, -0.2) is 20.9 Å². The van der Waals surface area contributed by atoms with E-state index < -0.39 is 0 Å². The van der Waals surface area contributed by atoms with Gasteiger partial charge in [-0.3, -0.25) is 0 Å². The molecule has 0 radical (unpaired) electrons. The van der Waals surface area contributed by atoms with Crippen LogP contribution in [0.25, 0.3) is 0 Å². The van der Waals surface area contributed by atoms with Crippen molar-refractivity contribution in [3.05, 3.63) is 0 Å². The normalized spacial score (nSPS) is 20.5. The fourth-order valence-electron chi connectivity index (χ4n) is 1.63. The van der Waals surface area contributed by atoms with Gasteiger partial charge < -0.3 is 0 Å². The molecule has 0 atom stereocenters. The van der Waals surface area contributed by atoms with Gasteiger partial charge in [0.15, 0.2) is 0 Å². The summed E-state index contributed by atoms with van der Waals surface area (Å²) in [6.45, 7) is 2.31. The van der Waals surface area contributed by atoms with Gasteiger partial charge >= 0.3 is 81.2 Å². The van der Waals surface area contributed by atoms with Gasteiger partial charge in [-0.05, 0) is 0 Å². The van der Waals surface area contributed by atoms with Crippen LogP contribution in [0.1, 0.15) is 51.9 Å². The van der Waals surface area contributed by atoms with Crippen LogP contribution < -0.4 is 0 Å². The minimum atomic E-state index is 0.429. The molecule has 1 saturated carbocycles. The van der Waals surface area contributed by atoms with Gasteiger partial charge in [0.2, 0.25) is 0 Å². The first-order chi connectivity index (χ1) is 5.43. The Kier molecular flexibility index (Phi) is 5.67. The summed E-state index contributed by atoms with van der Waals surface area (Å²) in [5, 5.41) is 0. The van der Waals surface area contributed by atoms with Gasteiger partial charge in [0.05, 0.1) is 0 Å². The van der Waals surface area contributed by atoms with E-state index in [0.29, 0.717) is 20.9 Å². The monoisotopic (exact) mass is 270 g/mol. The van der Waals surface area contributed by atoms with Crippen molar-refractivity contribution in [2.75, 3.05) is 0 Å². The molecule has 0 aliphatic heterocycles. The van der Waals surface area contributed by atoms with Crippen molar-refractivity contribution in [2.24, 2.45) is 0 Å². The van der Waals surface area contributed by atoms with Crippen molar-refractivity contribution in [2.45, 2.75) is 60.3 Å². The molecule has 1 rings (SSSR count). The Hall–Kier alpha value is 0.790. The average molecular weight is 268 g/mol. The number of unbranched alkanes of at least 4 members (excludes halogenated alkanes) is 1. The topological polar surface area (TPSA) is 0 Å². The van der Waals surface area contributed by atoms with Crippen molar-refractivity contribution in [3.63, 3.8) is 0 Å². The first-order valence-electron chi connectivity index (χ1n) is 5.05. The van der Waals surface area contributed by atoms with Crippen LogP contribution in [0, 0.1) is 0 Å². The van der Waals surface area contributed by atoms with E-state index in [9.17, 15) is 0 Å². The fourth-order valence-corrected chi connectivity index (χ4v) is 5.78. The predicted molar refractivity (Wildman–Crippen MR) is 52.3 cm³/mol. The molecule has 0 aromatic heterocycles. The van der Waals surface area contributed by atoms with E-state index in [-0.39, 0.29) is 0 Å². The molecule has 0 saturated heterocycles. The Morgan fingerprint density at radius 2 is 1.91 bits per heavy atom. The van der Waals surface area contributed by atoms with E-state index >= 15 is 0 Å². The number of rotatable bonds is 4. The third-order valence-corrected chi connectivity index (χ3v) is 6.59. The van der Waals surface area contributed by atoms with Crippen LogP contribution in [0.5, 0.6) is 0 Å². The van der Waals surface area contributed by atoms with Gasteiger partial charge in [-0.15, -0.1) is 0 Å². The van der Waals surface area contributed by atoms with Gasteiger partial charge in [-0.1, -0.05) is 0 Å². The summed E-state index contributed by atoms with van der Waals surface area (Å²) in [7, 11) is 0. The average Bonchev–Trinajstić information content (AvgIpc) is 2.07. The molecule has 1 heteroatoms. The number of hydrogen-bond acceptors (Lipinski definition) is 0. The molecule has 0 aromatic rings. The Morgan fingerprint density at radius 1 is 1.18 bits per heavy atom. The first kappa shape index (κ1) is 9.87. The van der Waals surface area contributed by atoms with E-state index in [0.717, 1.165) is 0 Å². The van der Waals surface area contributed by atoms with Crippen LogP contribution >= 0.6 is 0 Å². The molecule has 0 N–H and O–H groups in total. The zero-order chi connectivity index (χ0) is 7.94. The van der Waals surface area contributed by atoms with Crippen LogP contribution in [0.15, 0.2) is 0 Å². The molecule has 0 aromatic carbocycles. The molecular weight excluding hydrogens is 248 g/mol. The summed E-state index contributed by atoms with van der Waals surface area (Å²) < 4.78 is 2.85. The van der Waals surface area contributed by atoms with E-state index in [2.05, 4.69) is 6.92 Å². The van der Waals surface area contributed by atoms with Gasteiger partial charge in [0, 0.05) is 0 Å². The van der Waals surface area contributed by atoms with Gasteiger partial charge in [0.1, 0.15) is 0 Å². The molecule has 66 valence electrons. The van der Waals surface area contributed by atoms with Crippen molar-refractivity contribution >= 4 is 20.9 Å². The van der Waals surface area contributed by atoms with E-state index in [4.69, 9.17) is 0 Å². The second-order valence-electron chi connectivity index (χ2n) is 3.48. The van der Waals surface area contributed by atoms with Crippen LogP contribution in [-0.2, 0) is 0 Å². The van der Waals surface area contributed by atoms with Crippen molar-refractivity contribution < 1.29 is 0 Å². The standard InChI is InChI=1S/C10H20Te/c1-2-3-9-11-10-7-5-4-6-8-10/h10H,2-9H2,1H3. The molecule has 0 unspecified atom stereocenters. The van der Waals surface area contributed by atoms with Gasteiger partial charge in [-0.25, -0.2) is 0 Å². The van der Waals surface area contributed by atoms with Crippen molar-refractivity contribution in [1.82, 2.24) is 0 Å². The maximum absolute atomic E-state index is 2.31. The molecule has 0 nitrogen and oxygen atoms in total. The molecule has 1 aliphatic rings. The van der Waals surface area contributed by atoms with Gasteiger partial charge in [-0.2, -0.15) is 0 Å². The van der Waals surface area contributed by atoms with Crippen LogP contribution in [0.3, 0.4) is 0 Å². The minimum absolute atomic E-state index is 0.429. The third-order valence-electron chi connectivity index (χ3n) is 2.40. The maximum atomic E-state index is 2.31. The Morgan fingerprint density at radius 3 is 2.55 bits per heavy atom. The van der Waals surface area contributed by atoms with Crippen molar-refractivity contribution in [3.8, 4) is 0 Å². The second-order valence-corrected chi connectivity index (χ2v) is 7.50. The third kappa shape index (κ3) is 4.38. The first-order valence-corrected chi connectivity index (χ1v) is 8.04. The summed E-state index contributed by atoms with van der Waals surface area (Å²) in [6.07, 6.45) is 10.7. The molecule has 0 heterocycles. The van der Waals surface area contributed by atoms with Crippen molar-refractivity contribution in [1.29, 1.82) is 0 Å². The summed E-state index contributed by atoms with van der Waals surface area (Å²) in [5.41, 5.74) is 0. The van der Waals surface area contributed by atoms with E-state index in [1.807, 2.05) is 0 Å². The second kappa shape index (κ2) is 6.32. The van der Waals surface area contributed by atoms with Gasteiger partial charge in [0.25, 0.3) is 0 Å². The molecule has 0 amide bonds. The van der Waals surface area contributed by atoms with E-state index in [1.165, 1.54) is 23.2 Å². The zero-order valence-electron chi connectivity index (χ0n) is 7.64. The summed E-state index contributed by atoms with van der Waals surface area (Å²) in [5.74, 6) is 0. The van der Waals surface area contributed by atoms with Crippen LogP contribution in [0.4, 0.5) is 0 Å². The molecule has 0 spiro atoms. The molecule has 1 aliphatic carbocycles. The molecule has 11 heavy (non-hydrogen) atoms. The Bertz CT molecular complexity index is 84.9. The summed E-state index contributed by atoms with van der Waals surface area (Å²) >= 11 is 0.429. The predicted octanol–water partition coefficient (Wildman–Crippen LogP) is 3.66. The van der Waals surface area contributed by atoms with Crippen LogP contribution in [0.2, 0.25) is 8.43 Å². The Balaban J connectivity index is 1.96.